The molecule has 10 aromatic carbocycles. The van der Waals surface area contributed by atoms with Crippen LogP contribution in [0, 0.1) is 13.8 Å². The Morgan fingerprint density at radius 2 is 0.625 bits per heavy atom. The van der Waals surface area contributed by atoms with Crippen LogP contribution in [0.1, 0.15) is 63.8 Å². The third-order valence-electron chi connectivity index (χ3n) is 13.1. The Hall–Kier alpha value is -7.16. The molecule has 64 heavy (non-hydrogen) atoms. The maximum atomic E-state index is 2.46. The normalized spacial score (nSPS) is 12.1. The molecular formula is C62H56N2. The molecule has 0 saturated carbocycles. The summed E-state index contributed by atoms with van der Waals surface area (Å²) in [5, 5.41) is 7.43. The van der Waals surface area contributed by atoms with Crippen LogP contribution in [0.5, 0.6) is 0 Å². The number of benzene rings is 10. The number of anilines is 6. The lowest BCUT2D eigenvalue weighted by Crippen LogP contribution is -2.14. The van der Waals surface area contributed by atoms with Crippen LogP contribution in [0.25, 0.3) is 54.6 Å². The lowest BCUT2D eigenvalue weighted by Gasteiger charge is -2.31. The van der Waals surface area contributed by atoms with Crippen molar-refractivity contribution in [3.05, 3.63) is 216 Å². The number of nitrogens with zero attached hydrogens (tertiary/aromatic N) is 2. The van der Waals surface area contributed by atoms with Crippen molar-refractivity contribution in [1.82, 2.24) is 0 Å². The largest absolute Gasteiger partial charge is 0.310 e. The topological polar surface area (TPSA) is 6.48 Å². The molecule has 0 bridgehead atoms. The first-order chi connectivity index (χ1) is 30.8. The molecule has 0 spiro atoms. The van der Waals surface area contributed by atoms with Crippen LogP contribution < -0.4 is 9.80 Å². The summed E-state index contributed by atoms with van der Waals surface area (Å²) >= 11 is 0. The van der Waals surface area contributed by atoms with Crippen LogP contribution in [-0.2, 0) is 10.8 Å². The van der Waals surface area contributed by atoms with Crippen molar-refractivity contribution < 1.29 is 0 Å². The van der Waals surface area contributed by atoms with Gasteiger partial charge in [-0.2, -0.15) is 0 Å². The van der Waals surface area contributed by atoms with Crippen molar-refractivity contribution in [2.75, 3.05) is 9.80 Å². The van der Waals surface area contributed by atoms with Crippen LogP contribution >= 0.6 is 0 Å². The second-order valence-corrected chi connectivity index (χ2v) is 19.6. The molecule has 0 fully saturated rings. The summed E-state index contributed by atoms with van der Waals surface area (Å²) < 4.78 is 0. The van der Waals surface area contributed by atoms with E-state index in [1.807, 2.05) is 0 Å². The third-order valence-corrected chi connectivity index (χ3v) is 13.1. The van der Waals surface area contributed by atoms with Crippen molar-refractivity contribution in [2.24, 2.45) is 0 Å². The Balaban J connectivity index is 1.35. The monoisotopic (exact) mass is 828 g/mol. The van der Waals surface area contributed by atoms with Crippen molar-refractivity contribution >= 4 is 66.4 Å². The molecule has 0 heterocycles. The summed E-state index contributed by atoms with van der Waals surface area (Å²) in [6.45, 7) is 18.0. The third kappa shape index (κ3) is 7.37. The van der Waals surface area contributed by atoms with E-state index in [1.54, 1.807) is 0 Å². The van der Waals surface area contributed by atoms with E-state index >= 15 is 0 Å². The molecule has 0 saturated heterocycles. The summed E-state index contributed by atoms with van der Waals surface area (Å²) in [7, 11) is 0. The summed E-state index contributed by atoms with van der Waals surface area (Å²) in [4.78, 5) is 4.93. The van der Waals surface area contributed by atoms with E-state index in [4.69, 9.17) is 0 Å². The Labute approximate surface area is 379 Å². The van der Waals surface area contributed by atoms with Gasteiger partial charge in [0.2, 0.25) is 0 Å². The molecule has 0 aliphatic rings. The van der Waals surface area contributed by atoms with Crippen LogP contribution in [-0.4, -0.2) is 0 Å². The molecule has 0 radical (unpaired) electrons. The molecule has 0 aromatic heterocycles. The fourth-order valence-corrected chi connectivity index (χ4v) is 9.50. The molecule has 0 aliphatic carbocycles. The zero-order valence-corrected chi connectivity index (χ0v) is 38.4. The molecule has 0 amide bonds. The van der Waals surface area contributed by atoms with E-state index in [2.05, 4.69) is 259 Å². The quantitative estimate of drug-likeness (QED) is 0.141. The smallest absolute Gasteiger partial charge is 0.0546 e. The molecule has 2 heteroatoms. The van der Waals surface area contributed by atoms with Gasteiger partial charge in [0.1, 0.15) is 0 Å². The number of para-hydroxylation sites is 2. The average Bonchev–Trinajstić information content (AvgIpc) is 3.30. The van der Waals surface area contributed by atoms with Crippen LogP contribution in [0.15, 0.2) is 194 Å². The van der Waals surface area contributed by atoms with Gasteiger partial charge >= 0.3 is 0 Å². The Kier molecular flexibility index (Phi) is 10.1. The summed E-state index contributed by atoms with van der Waals surface area (Å²) in [6.07, 6.45) is 0. The van der Waals surface area contributed by atoms with Gasteiger partial charge in [0.05, 0.1) is 11.4 Å². The lowest BCUT2D eigenvalue weighted by atomic mass is 9.84. The van der Waals surface area contributed by atoms with E-state index < -0.39 is 0 Å². The van der Waals surface area contributed by atoms with Crippen LogP contribution in [0.3, 0.4) is 0 Å². The minimum atomic E-state index is 0.0385. The SMILES string of the molecule is Cc1ccc(-c2cc(N(c3ccccc3)c3ccc(C(C)(C)C)cc3)c3ccc4c(-c5ccc(C)cc5)cc(N(c5ccccc5)c5ccc(C(C)(C)C)cc5)c5ccc2c3c45)cc1. The van der Waals surface area contributed by atoms with Gasteiger partial charge in [-0.05, 0) is 129 Å². The highest BCUT2D eigenvalue weighted by Gasteiger charge is 2.26. The minimum absolute atomic E-state index is 0.0385. The minimum Gasteiger partial charge on any atom is -0.310 e. The number of aryl methyl sites for hydroxylation is 2. The summed E-state index contributed by atoms with van der Waals surface area (Å²) in [6, 6.07) is 72.7. The molecule has 10 aromatic rings. The van der Waals surface area contributed by atoms with E-state index in [0.29, 0.717) is 0 Å². The molecule has 0 N–H and O–H groups in total. The van der Waals surface area contributed by atoms with E-state index in [9.17, 15) is 0 Å². The number of hydrogen-bond acceptors (Lipinski definition) is 2. The second-order valence-electron chi connectivity index (χ2n) is 19.6. The lowest BCUT2D eigenvalue weighted by molar-refractivity contribution is 0.590. The van der Waals surface area contributed by atoms with E-state index in [1.165, 1.54) is 76.8 Å². The molecule has 0 atom stereocenters. The first-order valence-electron chi connectivity index (χ1n) is 22.7. The first-order valence-corrected chi connectivity index (χ1v) is 22.7. The fraction of sp³-hybridized carbons (Fsp3) is 0.161. The van der Waals surface area contributed by atoms with Gasteiger partial charge in [-0.25, -0.2) is 0 Å². The second kappa shape index (κ2) is 15.9. The Bertz CT molecular complexity index is 3020. The van der Waals surface area contributed by atoms with Crippen molar-refractivity contribution in [1.29, 1.82) is 0 Å². The van der Waals surface area contributed by atoms with Gasteiger partial charge in [0.25, 0.3) is 0 Å². The zero-order valence-electron chi connectivity index (χ0n) is 38.4. The van der Waals surface area contributed by atoms with Gasteiger partial charge in [-0.1, -0.05) is 186 Å². The predicted molar refractivity (Wildman–Crippen MR) is 277 cm³/mol. The van der Waals surface area contributed by atoms with E-state index in [-0.39, 0.29) is 10.8 Å². The van der Waals surface area contributed by atoms with Gasteiger partial charge in [0.15, 0.2) is 0 Å². The maximum absolute atomic E-state index is 2.46. The molecular weight excluding hydrogens is 773 g/mol. The Morgan fingerprint density at radius 1 is 0.312 bits per heavy atom. The number of rotatable bonds is 8. The van der Waals surface area contributed by atoms with Gasteiger partial charge in [-0.15, -0.1) is 0 Å². The zero-order chi connectivity index (χ0) is 44.3. The molecule has 0 aliphatic heterocycles. The van der Waals surface area contributed by atoms with Gasteiger partial charge in [0, 0.05) is 44.3 Å². The van der Waals surface area contributed by atoms with Crippen molar-refractivity contribution in [3.8, 4) is 22.3 Å². The fourth-order valence-electron chi connectivity index (χ4n) is 9.50. The molecule has 10 rings (SSSR count). The first kappa shape index (κ1) is 40.9. The average molecular weight is 829 g/mol. The predicted octanol–water partition coefficient (Wildman–Crippen LogP) is 18.1. The standard InChI is InChI=1S/C62H56N2/c1-41-19-23-43(24-20-41)55-39-57(63(47-15-11-9-12-16-47)49-31-27-45(28-32-49)61(3,4)5)53-38-36-52-56(44-25-21-42(2)22-26-44)40-58(54-37-35-51(55)59(53)60(52)54)64(48-17-13-10-14-18-48)50-33-29-46(30-34-50)62(6,7)8/h9-40H,1-8H3. The van der Waals surface area contributed by atoms with E-state index in [0.717, 1.165) is 34.1 Å². The molecule has 0 unspecified atom stereocenters. The van der Waals surface area contributed by atoms with Crippen molar-refractivity contribution in [2.45, 2.75) is 66.2 Å². The molecule has 2 nitrogen and oxygen atoms in total. The van der Waals surface area contributed by atoms with Crippen LogP contribution in [0.2, 0.25) is 0 Å². The maximum Gasteiger partial charge on any atom is 0.0546 e. The number of hydrogen-bond donors (Lipinski definition) is 0. The highest BCUT2D eigenvalue weighted by Crippen LogP contribution is 2.52. The Morgan fingerprint density at radius 3 is 0.953 bits per heavy atom. The summed E-state index contributed by atoms with van der Waals surface area (Å²) in [5.41, 5.74) is 16.8. The highest BCUT2D eigenvalue weighted by molar-refractivity contribution is 6.32. The van der Waals surface area contributed by atoms with Crippen molar-refractivity contribution in [3.63, 3.8) is 0 Å². The van der Waals surface area contributed by atoms with Gasteiger partial charge in [-0.3, -0.25) is 0 Å². The molecule has 314 valence electrons. The summed E-state index contributed by atoms with van der Waals surface area (Å²) in [5.74, 6) is 0. The van der Waals surface area contributed by atoms with Crippen LogP contribution in [0.4, 0.5) is 34.1 Å². The highest BCUT2D eigenvalue weighted by atomic mass is 15.1. The van der Waals surface area contributed by atoms with Gasteiger partial charge < -0.3 is 9.80 Å².